The highest BCUT2D eigenvalue weighted by Gasteiger charge is 2.39. The minimum absolute atomic E-state index is 0.228. The number of hydrogen-bond acceptors (Lipinski definition) is 6. The van der Waals surface area contributed by atoms with E-state index >= 15 is 0 Å². The van der Waals surface area contributed by atoms with E-state index in [0.29, 0.717) is 31.7 Å². The molecular formula is C16H26N2O5. The van der Waals surface area contributed by atoms with E-state index in [1.165, 1.54) is 11.3 Å². The lowest BCUT2D eigenvalue weighted by Crippen LogP contribution is -2.50. The summed E-state index contributed by atoms with van der Waals surface area (Å²) in [7, 11) is 0. The second-order valence-corrected chi connectivity index (χ2v) is 6.67. The van der Waals surface area contributed by atoms with Gasteiger partial charge in [-0.25, -0.2) is 9.59 Å². The number of carbonyl (C=O) groups excluding carboxylic acids is 3. The number of carbonyl (C=O) groups is 3. The average molecular weight is 326 g/mol. The second kappa shape index (κ2) is 7.77. The van der Waals surface area contributed by atoms with Crippen LogP contribution in [0.25, 0.3) is 0 Å². The van der Waals surface area contributed by atoms with Crippen molar-refractivity contribution in [3.05, 3.63) is 0 Å². The Kier molecular flexibility index (Phi) is 5.98. The Morgan fingerprint density at radius 3 is 2.43 bits per heavy atom. The molecule has 0 radical (unpaired) electrons. The van der Waals surface area contributed by atoms with Crippen LogP contribution in [0.2, 0.25) is 0 Å². The monoisotopic (exact) mass is 326 g/mol. The summed E-state index contributed by atoms with van der Waals surface area (Å²) in [4.78, 5) is 37.5. The van der Waals surface area contributed by atoms with Crippen molar-refractivity contribution in [1.82, 2.24) is 4.90 Å². The number of nitrogens with zero attached hydrogens (tertiary/aromatic N) is 1. The minimum atomic E-state index is -1.02. The molecule has 2 aliphatic rings. The van der Waals surface area contributed by atoms with Crippen molar-refractivity contribution in [2.45, 2.75) is 70.6 Å². The molecule has 0 aromatic rings. The molecule has 0 unspecified atom stereocenters. The Morgan fingerprint density at radius 2 is 1.87 bits per heavy atom. The number of ether oxygens (including phenoxy) is 2. The first-order chi connectivity index (χ1) is 10.9. The summed E-state index contributed by atoms with van der Waals surface area (Å²) in [5, 5.41) is 0. The van der Waals surface area contributed by atoms with E-state index in [-0.39, 0.29) is 12.0 Å². The summed E-state index contributed by atoms with van der Waals surface area (Å²) in [6, 6.07) is -1.33. The highest BCUT2D eigenvalue weighted by Crippen LogP contribution is 2.31. The molecule has 2 atom stereocenters. The first-order valence-corrected chi connectivity index (χ1v) is 8.37. The quantitative estimate of drug-likeness (QED) is 0.608. The van der Waals surface area contributed by atoms with Crippen molar-refractivity contribution in [3.8, 4) is 0 Å². The molecular weight excluding hydrogens is 300 g/mol. The van der Waals surface area contributed by atoms with Crippen LogP contribution in [0.5, 0.6) is 0 Å². The van der Waals surface area contributed by atoms with E-state index in [0.717, 1.165) is 12.8 Å². The molecule has 2 fully saturated rings. The molecule has 2 N–H and O–H groups in total. The van der Waals surface area contributed by atoms with Crippen molar-refractivity contribution in [2.75, 3.05) is 6.54 Å². The molecule has 0 bridgehead atoms. The summed E-state index contributed by atoms with van der Waals surface area (Å²) < 4.78 is 9.47. The maximum atomic E-state index is 12.5. The van der Waals surface area contributed by atoms with Crippen LogP contribution in [0.15, 0.2) is 0 Å². The van der Waals surface area contributed by atoms with Gasteiger partial charge in [0.2, 0.25) is 5.91 Å². The van der Waals surface area contributed by atoms with Gasteiger partial charge in [0.25, 0.3) is 0 Å². The maximum absolute atomic E-state index is 12.5. The van der Waals surface area contributed by atoms with E-state index in [1.54, 1.807) is 13.8 Å². The largest absolute Gasteiger partial charge is 0.516 e. The summed E-state index contributed by atoms with van der Waals surface area (Å²) in [5.41, 5.74) is 6.00. The van der Waals surface area contributed by atoms with Gasteiger partial charge in [0, 0.05) is 6.54 Å². The van der Waals surface area contributed by atoms with Crippen molar-refractivity contribution in [2.24, 2.45) is 11.7 Å². The van der Waals surface area contributed by atoms with Gasteiger partial charge in [-0.3, -0.25) is 4.79 Å². The number of amides is 1. The van der Waals surface area contributed by atoms with Gasteiger partial charge < -0.3 is 20.1 Å². The van der Waals surface area contributed by atoms with Crippen LogP contribution in [0.4, 0.5) is 4.79 Å². The molecule has 2 rings (SSSR count). The van der Waals surface area contributed by atoms with Crippen molar-refractivity contribution < 1.29 is 23.9 Å². The zero-order valence-electron chi connectivity index (χ0n) is 13.8. The first kappa shape index (κ1) is 17.7. The van der Waals surface area contributed by atoms with Gasteiger partial charge in [-0.2, -0.15) is 0 Å². The number of nitrogens with two attached hydrogens (primary N) is 1. The van der Waals surface area contributed by atoms with Gasteiger partial charge in [0.15, 0.2) is 0 Å². The number of hydrogen-bond donors (Lipinski definition) is 1. The van der Waals surface area contributed by atoms with Crippen LogP contribution in [0.3, 0.4) is 0 Å². The fraction of sp³-hybridized carbons (Fsp3) is 0.812. The highest BCUT2D eigenvalue weighted by molar-refractivity contribution is 5.91. The lowest BCUT2D eigenvalue weighted by Gasteiger charge is -2.30. The van der Waals surface area contributed by atoms with Gasteiger partial charge in [-0.15, -0.1) is 0 Å². The summed E-state index contributed by atoms with van der Waals surface area (Å²) in [6.45, 7) is 3.80. The van der Waals surface area contributed by atoms with Crippen LogP contribution >= 0.6 is 0 Å². The standard InChI is InChI=1S/C16H26N2O5/c1-10(2)22-16(21)23-15(20)13-7-4-8-18(13)14(19)12(17)9-11-5-3-6-11/h10-13H,3-9,17H2,1-2H3/t12-,13+/m1/s1. The van der Waals surface area contributed by atoms with E-state index in [4.69, 9.17) is 10.5 Å². The van der Waals surface area contributed by atoms with E-state index in [9.17, 15) is 14.4 Å². The lowest BCUT2D eigenvalue weighted by molar-refractivity contribution is -0.151. The average Bonchev–Trinajstić information content (AvgIpc) is 2.89. The predicted molar refractivity (Wildman–Crippen MR) is 82.4 cm³/mol. The fourth-order valence-electron chi connectivity index (χ4n) is 3.04. The SMILES string of the molecule is CC(C)OC(=O)OC(=O)[C@@H]1CCCN1C(=O)[C@H](N)CC1CCC1. The van der Waals surface area contributed by atoms with Crippen LogP contribution < -0.4 is 5.73 Å². The zero-order chi connectivity index (χ0) is 17.0. The molecule has 130 valence electrons. The zero-order valence-corrected chi connectivity index (χ0v) is 13.8. The Hall–Kier alpha value is -1.63. The molecule has 1 amide bonds. The topological polar surface area (TPSA) is 98.9 Å². The number of likely N-dealkylation sites (tertiary alicyclic amines) is 1. The van der Waals surface area contributed by atoms with E-state index in [1.807, 2.05) is 0 Å². The van der Waals surface area contributed by atoms with Gasteiger partial charge in [0.05, 0.1) is 12.1 Å². The summed E-state index contributed by atoms with van der Waals surface area (Å²) in [5.74, 6) is -0.450. The molecule has 1 aliphatic heterocycles. The number of esters is 1. The van der Waals surface area contributed by atoms with E-state index < -0.39 is 24.2 Å². The molecule has 0 aromatic heterocycles. The molecule has 1 saturated heterocycles. The molecule has 1 aliphatic carbocycles. The normalized spacial score (nSPS) is 22.6. The van der Waals surface area contributed by atoms with Crippen LogP contribution in [-0.4, -0.2) is 47.7 Å². The van der Waals surface area contributed by atoms with Crippen molar-refractivity contribution >= 4 is 18.0 Å². The molecule has 0 aromatic carbocycles. The van der Waals surface area contributed by atoms with Gasteiger partial charge >= 0.3 is 12.1 Å². The maximum Gasteiger partial charge on any atom is 0.516 e. The van der Waals surface area contributed by atoms with Crippen molar-refractivity contribution in [1.29, 1.82) is 0 Å². The third-order valence-corrected chi connectivity index (χ3v) is 4.45. The third-order valence-electron chi connectivity index (χ3n) is 4.45. The highest BCUT2D eigenvalue weighted by atomic mass is 16.7. The first-order valence-electron chi connectivity index (χ1n) is 8.37. The van der Waals surface area contributed by atoms with Gasteiger partial charge in [-0.1, -0.05) is 19.3 Å². The smallest absolute Gasteiger partial charge is 0.431 e. The van der Waals surface area contributed by atoms with Crippen molar-refractivity contribution in [3.63, 3.8) is 0 Å². The third kappa shape index (κ3) is 4.67. The minimum Gasteiger partial charge on any atom is -0.431 e. The lowest BCUT2D eigenvalue weighted by atomic mass is 9.81. The molecule has 7 nitrogen and oxygen atoms in total. The predicted octanol–water partition coefficient (Wildman–Crippen LogP) is 1.58. The molecule has 23 heavy (non-hydrogen) atoms. The Morgan fingerprint density at radius 1 is 1.17 bits per heavy atom. The van der Waals surface area contributed by atoms with E-state index in [2.05, 4.69) is 4.74 Å². The van der Waals surface area contributed by atoms with Crippen LogP contribution in [0, 0.1) is 5.92 Å². The molecule has 7 heteroatoms. The summed E-state index contributed by atoms with van der Waals surface area (Å²) >= 11 is 0. The summed E-state index contributed by atoms with van der Waals surface area (Å²) in [6.07, 6.45) is 3.88. The molecule has 1 saturated carbocycles. The Bertz CT molecular complexity index is 461. The molecule has 0 spiro atoms. The van der Waals surface area contributed by atoms with Crippen LogP contribution in [-0.2, 0) is 19.1 Å². The molecule has 1 heterocycles. The van der Waals surface area contributed by atoms with Gasteiger partial charge in [0.1, 0.15) is 6.04 Å². The second-order valence-electron chi connectivity index (χ2n) is 6.67. The fourth-order valence-corrected chi connectivity index (χ4v) is 3.04. The van der Waals surface area contributed by atoms with Crippen LogP contribution in [0.1, 0.15) is 52.4 Å². The Balaban J connectivity index is 1.89. The number of rotatable bonds is 5. The Labute approximate surface area is 136 Å². The van der Waals surface area contributed by atoms with Gasteiger partial charge in [-0.05, 0) is 39.0 Å².